The third kappa shape index (κ3) is 3.84. The second-order valence-electron chi connectivity index (χ2n) is 5.33. The monoisotopic (exact) mass is 347 g/mol. The van der Waals surface area contributed by atoms with Crippen molar-refractivity contribution in [1.29, 1.82) is 0 Å². The summed E-state index contributed by atoms with van der Waals surface area (Å²) in [6.45, 7) is 0.601. The Morgan fingerprint density at radius 2 is 1.81 bits per heavy atom. The lowest BCUT2D eigenvalue weighted by Crippen LogP contribution is -2.41. The Balaban J connectivity index is 1.60. The van der Waals surface area contributed by atoms with Gasteiger partial charge in [0.15, 0.2) is 0 Å². The Bertz CT molecular complexity index is 597. The minimum absolute atomic E-state index is 0.312. The van der Waals surface area contributed by atoms with Gasteiger partial charge in [-0.2, -0.15) is 0 Å². The van der Waals surface area contributed by atoms with E-state index in [9.17, 15) is 0 Å². The molecule has 0 bridgehead atoms. The SMILES string of the molecule is N[C@H]1C[C@H](OCc2ccc(Oc3ccccc3)cc2Br)C1. The zero-order valence-corrected chi connectivity index (χ0v) is 13.3. The average molecular weight is 348 g/mol. The smallest absolute Gasteiger partial charge is 0.128 e. The molecule has 21 heavy (non-hydrogen) atoms. The van der Waals surface area contributed by atoms with E-state index in [2.05, 4.69) is 15.9 Å². The summed E-state index contributed by atoms with van der Waals surface area (Å²) in [7, 11) is 0. The first-order valence-electron chi connectivity index (χ1n) is 7.09. The maximum atomic E-state index is 5.82. The van der Waals surface area contributed by atoms with E-state index in [-0.39, 0.29) is 0 Å². The van der Waals surface area contributed by atoms with Crippen molar-refractivity contribution in [3.05, 3.63) is 58.6 Å². The van der Waals surface area contributed by atoms with Crippen LogP contribution in [-0.4, -0.2) is 12.1 Å². The molecule has 3 rings (SSSR count). The molecule has 0 aromatic heterocycles. The number of para-hydroxylation sites is 1. The number of halogens is 1. The highest BCUT2D eigenvalue weighted by Gasteiger charge is 2.26. The van der Waals surface area contributed by atoms with Crippen LogP contribution in [0, 0.1) is 0 Å². The molecule has 0 radical (unpaired) electrons. The molecule has 3 nitrogen and oxygen atoms in total. The first kappa shape index (κ1) is 14.6. The summed E-state index contributed by atoms with van der Waals surface area (Å²) < 4.78 is 12.6. The van der Waals surface area contributed by atoms with Crippen LogP contribution in [-0.2, 0) is 11.3 Å². The lowest BCUT2D eigenvalue weighted by molar-refractivity contribution is -0.0190. The molecular formula is C17H18BrNO2. The molecule has 1 saturated carbocycles. The molecule has 0 heterocycles. The van der Waals surface area contributed by atoms with Crippen LogP contribution in [0.5, 0.6) is 11.5 Å². The molecule has 0 aliphatic heterocycles. The Hall–Kier alpha value is -1.36. The molecule has 1 aliphatic rings. The summed E-state index contributed by atoms with van der Waals surface area (Å²) in [5.74, 6) is 1.64. The maximum absolute atomic E-state index is 5.82. The van der Waals surface area contributed by atoms with Gasteiger partial charge in [-0.25, -0.2) is 0 Å². The van der Waals surface area contributed by atoms with Crippen LogP contribution in [0.25, 0.3) is 0 Å². The van der Waals surface area contributed by atoms with Gasteiger partial charge in [0.2, 0.25) is 0 Å². The first-order chi connectivity index (χ1) is 10.2. The fraction of sp³-hybridized carbons (Fsp3) is 0.294. The van der Waals surface area contributed by atoms with Crippen molar-refractivity contribution >= 4 is 15.9 Å². The van der Waals surface area contributed by atoms with Crippen molar-refractivity contribution in [2.75, 3.05) is 0 Å². The van der Waals surface area contributed by atoms with Crippen LogP contribution >= 0.6 is 15.9 Å². The molecule has 2 N–H and O–H groups in total. The third-order valence-electron chi connectivity index (χ3n) is 3.61. The maximum Gasteiger partial charge on any atom is 0.128 e. The molecule has 4 heteroatoms. The Morgan fingerprint density at radius 1 is 1.05 bits per heavy atom. The zero-order chi connectivity index (χ0) is 14.7. The quantitative estimate of drug-likeness (QED) is 0.879. The van der Waals surface area contributed by atoms with Crippen molar-refractivity contribution in [2.45, 2.75) is 31.6 Å². The summed E-state index contributed by atoms with van der Waals surface area (Å²) in [4.78, 5) is 0. The molecule has 110 valence electrons. The zero-order valence-electron chi connectivity index (χ0n) is 11.7. The predicted octanol–water partition coefficient (Wildman–Crippen LogP) is 4.25. The van der Waals surface area contributed by atoms with Gasteiger partial charge in [0.1, 0.15) is 11.5 Å². The van der Waals surface area contributed by atoms with E-state index in [1.807, 2.05) is 48.5 Å². The van der Waals surface area contributed by atoms with Crippen LogP contribution in [0.1, 0.15) is 18.4 Å². The molecule has 1 fully saturated rings. The second-order valence-corrected chi connectivity index (χ2v) is 6.19. The van der Waals surface area contributed by atoms with Gasteiger partial charge in [-0.1, -0.05) is 40.2 Å². The number of hydrogen-bond donors (Lipinski definition) is 1. The summed E-state index contributed by atoms with van der Waals surface area (Å²) in [5.41, 5.74) is 6.88. The minimum atomic E-state index is 0.312. The number of benzene rings is 2. The largest absolute Gasteiger partial charge is 0.457 e. The number of rotatable bonds is 5. The Morgan fingerprint density at radius 3 is 2.48 bits per heavy atom. The summed E-state index contributed by atoms with van der Waals surface area (Å²) >= 11 is 3.58. The van der Waals surface area contributed by atoms with E-state index in [0.29, 0.717) is 18.8 Å². The van der Waals surface area contributed by atoms with Crippen molar-refractivity contribution in [1.82, 2.24) is 0 Å². The summed E-state index contributed by atoms with van der Waals surface area (Å²) in [6, 6.07) is 16.0. The topological polar surface area (TPSA) is 44.5 Å². The van der Waals surface area contributed by atoms with Gasteiger partial charge >= 0.3 is 0 Å². The fourth-order valence-corrected chi connectivity index (χ4v) is 2.76. The molecule has 0 spiro atoms. The summed E-state index contributed by atoms with van der Waals surface area (Å²) in [6.07, 6.45) is 2.24. The van der Waals surface area contributed by atoms with Crippen LogP contribution in [0.3, 0.4) is 0 Å². The predicted molar refractivity (Wildman–Crippen MR) is 86.4 cm³/mol. The van der Waals surface area contributed by atoms with Gasteiger partial charge in [0, 0.05) is 10.5 Å². The van der Waals surface area contributed by atoms with E-state index in [4.69, 9.17) is 15.2 Å². The van der Waals surface area contributed by atoms with Gasteiger partial charge in [-0.15, -0.1) is 0 Å². The first-order valence-corrected chi connectivity index (χ1v) is 7.88. The third-order valence-corrected chi connectivity index (χ3v) is 4.35. The molecule has 2 aromatic carbocycles. The number of hydrogen-bond acceptors (Lipinski definition) is 3. The van der Waals surface area contributed by atoms with E-state index in [1.54, 1.807) is 0 Å². The van der Waals surface area contributed by atoms with Gasteiger partial charge < -0.3 is 15.2 Å². The summed E-state index contributed by atoms with van der Waals surface area (Å²) in [5, 5.41) is 0. The molecular weight excluding hydrogens is 330 g/mol. The van der Waals surface area contributed by atoms with E-state index < -0.39 is 0 Å². The van der Waals surface area contributed by atoms with E-state index in [1.165, 1.54) is 0 Å². The highest BCUT2D eigenvalue weighted by molar-refractivity contribution is 9.10. The molecule has 0 unspecified atom stereocenters. The highest BCUT2D eigenvalue weighted by Crippen LogP contribution is 2.29. The van der Waals surface area contributed by atoms with Crippen molar-refractivity contribution in [3.63, 3.8) is 0 Å². The van der Waals surface area contributed by atoms with Crippen molar-refractivity contribution < 1.29 is 9.47 Å². The van der Waals surface area contributed by atoms with E-state index >= 15 is 0 Å². The normalized spacial score (nSPS) is 20.9. The Kier molecular flexibility index (Phi) is 4.58. The molecule has 1 aliphatic carbocycles. The van der Waals surface area contributed by atoms with Crippen molar-refractivity contribution in [2.24, 2.45) is 5.73 Å². The number of ether oxygens (including phenoxy) is 2. The number of nitrogens with two attached hydrogens (primary N) is 1. The average Bonchev–Trinajstić information content (AvgIpc) is 2.45. The Labute approximate surface area is 133 Å². The fourth-order valence-electron chi connectivity index (χ4n) is 2.28. The molecule has 0 atom stereocenters. The van der Waals surface area contributed by atoms with Gasteiger partial charge in [-0.05, 0) is 42.7 Å². The molecule has 0 amide bonds. The highest BCUT2D eigenvalue weighted by atomic mass is 79.9. The van der Waals surface area contributed by atoms with Gasteiger partial charge in [0.05, 0.1) is 12.7 Å². The van der Waals surface area contributed by atoms with Crippen LogP contribution < -0.4 is 10.5 Å². The lowest BCUT2D eigenvalue weighted by atomic mass is 9.90. The van der Waals surface area contributed by atoms with Crippen molar-refractivity contribution in [3.8, 4) is 11.5 Å². The molecule has 2 aromatic rings. The van der Waals surface area contributed by atoms with Gasteiger partial charge in [-0.3, -0.25) is 0 Å². The standard InChI is InChI=1S/C17H18BrNO2/c18-17-10-15(21-14-4-2-1-3-5-14)7-6-12(17)11-20-16-8-13(19)9-16/h1-7,10,13,16H,8-9,11,19H2/t13-,16-. The van der Waals surface area contributed by atoms with E-state index in [0.717, 1.165) is 34.4 Å². The van der Waals surface area contributed by atoms with Crippen LogP contribution in [0.2, 0.25) is 0 Å². The molecule has 0 saturated heterocycles. The second kappa shape index (κ2) is 6.60. The van der Waals surface area contributed by atoms with Crippen LogP contribution in [0.15, 0.2) is 53.0 Å². The lowest BCUT2D eigenvalue weighted by Gasteiger charge is -2.32. The van der Waals surface area contributed by atoms with Gasteiger partial charge in [0.25, 0.3) is 0 Å². The minimum Gasteiger partial charge on any atom is -0.457 e. The van der Waals surface area contributed by atoms with Crippen LogP contribution in [0.4, 0.5) is 0 Å².